The average Bonchev–Trinajstić information content (AvgIpc) is 2.16. The van der Waals surface area contributed by atoms with Crippen molar-refractivity contribution in [1.82, 2.24) is 0 Å². The summed E-state index contributed by atoms with van der Waals surface area (Å²) in [5, 5.41) is 0. The van der Waals surface area contributed by atoms with E-state index < -0.39 is 0 Å². The van der Waals surface area contributed by atoms with Crippen molar-refractivity contribution in [3.05, 3.63) is 0 Å². The van der Waals surface area contributed by atoms with Crippen molar-refractivity contribution in [2.24, 2.45) is 17.8 Å². The zero-order valence-corrected chi connectivity index (χ0v) is 11.2. The van der Waals surface area contributed by atoms with Crippen LogP contribution < -0.4 is 0 Å². The Balaban J connectivity index is 2.17. The van der Waals surface area contributed by atoms with Crippen LogP contribution in [0.3, 0.4) is 0 Å². The molecule has 94 valence electrons. The number of hydrogen-bond acceptors (Lipinski definition) is 2. The number of hydrogen-bond donors (Lipinski definition) is 0. The molecule has 2 rings (SSSR count). The van der Waals surface area contributed by atoms with E-state index in [0.717, 1.165) is 30.8 Å². The fraction of sp³-hybridized carbons (Fsp3) is 1.00. The van der Waals surface area contributed by atoms with E-state index in [4.69, 9.17) is 9.47 Å². The van der Waals surface area contributed by atoms with Gasteiger partial charge in [0.05, 0.1) is 12.2 Å². The Morgan fingerprint density at radius 2 is 1.94 bits per heavy atom. The van der Waals surface area contributed by atoms with Crippen LogP contribution in [0.5, 0.6) is 0 Å². The van der Waals surface area contributed by atoms with E-state index in [9.17, 15) is 0 Å². The first-order valence-corrected chi connectivity index (χ1v) is 6.83. The highest BCUT2D eigenvalue weighted by molar-refractivity contribution is 4.96. The Kier molecular flexibility index (Phi) is 3.60. The van der Waals surface area contributed by atoms with E-state index in [1.54, 1.807) is 0 Å². The molecule has 16 heavy (non-hydrogen) atoms. The van der Waals surface area contributed by atoms with E-state index in [0.29, 0.717) is 0 Å². The number of rotatable bonds is 1. The third-order valence-electron chi connectivity index (χ3n) is 4.42. The molecule has 2 aliphatic rings. The summed E-state index contributed by atoms with van der Waals surface area (Å²) in [6, 6.07) is 0. The second kappa shape index (κ2) is 4.66. The summed E-state index contributed by atoms with van der Waals surface area (Å²) < 4.78 is 11.8. The molecular weight excluding hydrogens is 200 g/mol. The molecule has 0 aromatic carbocycles. The molecule has 1 spiro atoms. The molecule has 0 aromatic rings. The maximum Gasteiger partial charge on any atom is 0.155 e. The minimum atomic E-state index is -0.0136. The summed E-state index contributed by atoms with van der Waals surface area (Å²) in [4.78, 5) is 0. The lowest BCUT2D eigenvalue weighted by atomic mass is 9.65. The minimum absolute atomic E-state index is 0.0136. The van der Waals surface area contributed by atoms with Gasteiger partial charge in [0.2, 0.25) is 0 Å². The van der Waals surface area contributed by atoms with Crippen molar-refractivity contribution in [1.29, 1.82) is 0 Å². The monoisotopic (exact) mass is 226 g/mol. The van der Waals surface area contributed by atoms with Crippen molar-refractivity contribution in [3.8, 4) is 0 Å². The fourth-order valence-electron chi connectivity index (χ4n) is 3.76. The smallest absolute Gasteiger partial charge is 0.155 e. The van der Waals surface area contributed by atoms with E-state index in [2.05, 4.69) is 20.8 Å². The molecule has 1 aliphatic carbocycles. The topological polar surface area (TPSA) is 18.5 Å². The predicted molar refractivity (Wildman–Crippen MR) is 65.2 cm³/mol. The Morgan fingerprint density at radius 1 is 1.19 bits per heavy atom. The Labute approximate surface area is 99.7 Å². The van der Waals surface area contributed by atoms with Crippen molar-refractivity contribution >= 4 is 0 Å². The van der Waals surface area contributed by atoms with Crippen LogP contribution in [-0.2, 0) is 9.47 Å². The molecule has 2 nitrogen and oxygen atoms in total. The zero-order chi connectivity index (χ0) is 11.8. The highest BCUT2D eigenvalue weighted by atomic mass is 16.7. The quantitative estimate of drug-likeness (QED) is 0.680. The molecule has 2 fully saturated rings. The van der Waals surface area contributed by atoms with E-state index in [1.165, 1.54) is 19.3 Å². The standard InChI is InChI=1S/C14H26O2/c1-10(2)13-6-5-11(3)9-14(13)7-8-15-12(4)16-14/h10-13H,5-9H2,1-4H3/t11-,12?,13+,14+/m1/s1. The molecule has 2 heteroatoms. The van der Waals surface area contributed by atoms with E-state index in [1.807, 2.05) is 6.92 Å². The molecule has 1 heterocycles. The first-order chi connectivity index (χ1) is 7.53. The maximum absolute atomic E-state index is 6.24. The zero-order valence-electron chi connectivity index (χ0n) is 11.2. The molecule has 0 N–H and O–H groups in total. The van der Waals surface area contributed by atoms with Gasteiger partial charge in [-0.15, -0.1) is 0 Å². The van der Waals surface area contributed by atoms with Crippen molar-refractivity contribution in [2.75, 3.05) is 6.61 Å². The first-order valence-electron chi connectivity index (χ1n) is 6.83. The molecular formula is C14H26O2. The van der Waals surface area contributed by atoms with Gasteiger partial charge < -0.3 is 9.47 Å². The van der Waals surface area contributed by atoms with Gasteiger partial charge >= 0.3 is 0 Å². The predicted octanol–water partition coefficient (Wildman–Crippen LogP) is 3.60. The summed E-state index contributed by atoms with van der Waals surface area (Å²) >= 11 is 0. The molecule has 0 aromatic heterocycles. The molecule has 0 amide bonds. The fourth-order valence-corrected chi connectivity index (χ4v) is 3.76. The van der Waals surface area contributed by atoms with Gasteiger partial charge in [0, 0.05) is 6.42 Å². The van der Waals surface area contributed by atoms with Gasteiger partial charge in [-0.25, -0.2) is 0 Å². The van der Waals surface area contributed by atoms with Crippen LogP contribution in [-0.4, -0.2) is 18.5 Å². The second-order valence-electron chi connectivity index (χ2n) is 6.11. The molecule has 0 bridgehead atoms. The van der Waals surface area contributed by atoms with Gasteiger partial charge in [0.15, 0.2) is 6.29 Å². The minimum Gasteiger partial charge on any atom is -0.353 e. The molecule has 1 unspecified atom stereocenters. The molecule has 1 aliphatic heterocycles. The third kappa shape index (κ3) is 2.28. The van der Waals surface area contributed by atoms with Crippen LogP contribution in [0.1, 0.15) is 53.4 Å². The summed E-state index contributed by atoms with van der Waals surface area (Å²) in [5.74, 6) is 2.24. The van der Waals surface area contributed by atoms with Crippen molar-refractivity contribution in [3.63, 3.8) is 0 Å². The van der Waals surface area contributed by atoms with Gasteiger partial charge in [-0.2, -0.15) is 0 Å². The maximum atomic E-state index is 6.24. The van der Waals surface area contributed by atoms with E-state index >= 15 is 0 Å². The molecule has 0 radical (unpaired) electrons. The summed E-state index contributed by atoms with van der Waals surface area (Å²) in [6.45, 7) is 9.95. The van der Waals surface area contributed by atoms with Crippen molar-refractivity contribution in [2.45, 2.75) is 65.3 Å². The van der Waals surface area contributed by atoms with Gasteiger partial charge in [-0.05, 0) is 37.5 Å². The Hall–Kier alpha value is -0.0800. The van der Waals surface area contributed by atoms with Gasteiger partial charge in [0.1, 0.15) is 0 Å². The normalized spacial score (nSPS) is 45.2. The molecule has 4 atom stereocenters. The molecule has 1 saturated heterocycles. The number of ether oxygens (including phenoxy) is 2. The lowest BCUT2D eigenvalue weighted by molar-refractivity contribution is -0.281. The second-order valence-corrected chi connectivity index (χ2v) is 6.11. The van der Waals surface area contributed by atoms with E-state index in [-0.39, 0.29) is 11.9 Å². The first kappa shape index (κ1) is 12.4. The van der Waals surface area contributed by atoms with Crippen LogP contribution in [0, 0.1) is 17.8 Å². The summed E-state index contributed by atoms with van der Waals surface area (Å²) in [5.41, 5.74) is 0.115. The van der Waals surface area contributed by atoms with Crippen LogP contribution in [0.15, 0.2) is 0 Å². The van der Waals surface area contributed by atoms with Gasteiger partial charge in [-0.3, -0.25) is 0 Å². The summed E-state index contributed by atoms with van der Waals surface area (Å²) in [6.07, 6.45) is 4.99. The Morgan fingerprint density at radius 3 is 2.56 bits per heavy atom. The van der Waals surface area contributed by atoms with Crippen molar-refractivity contribution < 1.29 is 9.47 Å². The van der Waals surface area contributed by atoms with Crippen LogP contribution in [0.2, 0.25) is 0 Å². The van der Waals surface area contributed by atoms with Crippen LogP contribution >= 0.6 is 0 Å². The summed E-state index contributed by atoms with van der Waals surface area (Å²) in [7, 11) is 0. The SMILES string of the molecule is CC1OCC[C@@]2(C[C@H](C)CC[C@H]2C(C)C)O1. The lowest BCUT2D eigenvalue weighted by Gasteiger charge is -2.51. The third-order valence-corrected chi connectivity index (χ3v) is 4.42. The lowest BCUT2D eigenvalue weighted by Crippen LogP contribution is -2.53. The highest BCUT2D eigenvalue weighted by Crippen LogP contribution is 2.47. The molecule has 1 saturated carbocycles. The van der Waals surface area contributed by atoms with Crippen LogP contribution in [0.4, 0.5) is 0 Å². The van der Waals surface area contributed by atoms with Crippen LogP contribution in [0.25, 0.3) is 0 Å². The highest BCUT2D eigenvalue weighted by Gasteiger charge is 2.47. The Bertz CT molecular complexity index is 231. The van der Waals surface area contributed by atoms with Gasteiger partial charge in [0.25, 0.3) is 0 Å². The largest absolute Gasteiger partial charge is 0.353 e. The average molecular weight is 226 g/mol. The van der Waals surface area contributed by atoms with Gasteiger partial charge in [-0.1, -0.05) is 27.2 Å².